The quantitative estimate of drug-likeness (QED) is 0.354. The molecule has 206 valence electrons. The number of methoxy groups -OCH3 is 1. The first-order valence-corrected chi connectivity index (χ1v) is 12.5. The maximum absolute atomic E-state index is 12.7. The fourth-order valence-corrected chi connectivity index (χ4v) is 3.88. The second-order valence-corrected chi connectivity index (χ2v) is 9.24. The minimum absolute atomic E-state index is 0. The molecule has 0 amide bonds. The van der Waals surface area contributed by atoms with Crippen molar-refractivity contribution in [3.8, 4) is 0 Å². The standard InChI is InChI=1S/C23H28BrN7O2.C2H4O2.H3N/c1-29-10-12-30(13-11-29)18-7-5-17(6-8-18)26-23-25-16-19(24)21(28-23)27-20-4-3-9-31(22(20)32)14-15-33-2;1-2(3)4;/h3-9,16H,10-15H2,1-2H3,(H2,25,26,27,28);1H3,(H,3,4);1H3. The molecule has 0 aliphatic carbocycles. The molecule has 4 rings (SSSR count). The van der Waals surface area contributed by atoms with Gasteiger partial charge in [0.2, 0.25) is 5.95 Å². The van der Waals surface area contributed by atoms with Crippen LogP contribution >= 0.6 is 15.9 Å². The fraction of sp³-hybridized carbons (Fsp3) is 0.360. The SMILES string of the molecule is CC(=O)[O-].COCCn1cccc(Nc2nc(Nc3ccc(N4CCN(C)CC4)cc3)ncc2Br)c1=O.[NH4+]. The number of anilines is 5. The zero-order chi connectivity index (χ0) is 26.8. The van der Waals surface area contributed by atoms with Crippen molar-refractivity contribution in [3.63, 3.8) is 0 Å². The average Bonchev–Trinajstić information content (AvgIpc) is 2.87. The van der Waals surface area contributed by atoms with Gasteiger partial charge in [0.05, 0.1) is 11.1 Å². The largest absolute Gasteiger partial charge is 0.550 e. The molecule has 6 N–H and O–H groups in total. The Morgan fingerprint density at radius 3 is 2.42 bits per heavy atom. The summed E-state index contributed by atoms with van der Waals surface area (Å²) in [5.74, 6) is -0.146. The molecule has 0 unspecified atom stereocenters. The molecule has 0 spiro atoms. The van der Waals surface area contributed by atoms with Crippen molar-refractivity contribution in [3.05, 3.63) is 63.6 Å². The first-order chi connectivity index (χ1) is 17.8. The van der Waals surface area contributed by atoms with E-state index in [4.69, 9.17) is 14.6 Å². The molecule has 0 radical (unpaired) electrons. The average molecular weight is 592 g/mol. The number of benzene rings is 1. The number of halogens is 1. The number of nitrogens with zero attached hydrogens (tertiary/aromatic N) is 5. The lowest BCUT2D eigenvalue weighted by atomic mass is 10.2. The van der Waals surface area contributed by atoms with Crippen LogP contribution in [0.15, 0.2) is 58.1 Å². The maximum atomic E-state index is 12.7. The number of carbonyl (C=O) groups is 1. The number of pyridine rings is 1. The number of nitrogens with one attached hydrogen (secondary N) is 2. The lowest BCUT2D eigenvalue weighted by Gasteiger charge is -2.34. The molecule has 2 aromatic heterocycles. The van der Waals surface area contributed by atoms with Gasteiger partial charge in [0.1, 0.15) is 5.69 Å². The van der Waals surface area contributed by atoms with Crippen LogP contribution in [0, 0.1) is 0 Å². The van der Waals surface area contributed by atoms with Crippen molar-refractivity contribution in [1.29, 1.82) is 0 Å². The molecule has 0 atom stereocenters. The molecule has 1 aliphatic heterocycles. The van der Waals surface area contributed by atoms with E-state index in [1.165, 1.54) is 5.69 Å². The number of carboxylic acids is 1. The predicted molar refractivity (Wildman–Crippen MR) is 152 cm³/mol. The highest BCUT2D eigenvalue weighted by atomic mass is 79.9. The van der Waals surface area contributed by atoms with E-state index >= 15 is 0 Å². The van der Waals surface area contributed by atoms with Gasteiger partial charge in [0, 0.05) is 69.6 Å². The first-order valence-electron chi connectivity index (χ1n) is 11.7. The zero-order valence-electron chi connectivity index (χ0n) is 22.1. The van der Waals surface area contributed by atoms with Crippen LogP contribution in [0.4, 0.5) is 28.8 Å². The van der Waals surface area contributed by atoms with Crippen LogP contribution in [0.25, 0.3) is 0 Å². The monoisotopic (exact) mass is 590 g/mol. The minimum Gasteiger partial charge on any atom is -0.550 e. The number of carbonyl (C=O) groups excluding carboxylic acids is 1. The lowest BCUT2D eigenvalue weighted by Crippen LogP contribution is -2.44. The fourth-order valence-electron chi connectivity index (χ4n) is 3.59. The Morgan fingerprint density at radius 1 is 1.13 bits per heavy atom. The highest BCUT2D eigenvalue weighted by Gasteiger charge is 2.14. The molecular formula is C25H35BrN8O4. The summed E-state index contributed by atoms with van der Waals surface area (Å²) < 4.78 is 7.33. The normalized spacial score (nSPS) is 13.1. The summed E-state index contributed by atoms with van der Waals surface area (Å²) in [5.41, 5.74) is 2.38. The molecule has 1 fully saturated rings. The molecule has 0 saturated carbocycles. The van der Waals surface area contributed by atoms with Crippen LogP contribution in [0.5, 0.6) is 0 Å². The molecule has 1 aliphatic rings. The Balaban J connectivity index is 0.000000947. The molecule has 0 bridgehead atoms. The number of carboxylic acid groups (broad SMARTS) is 1. The smallest absolute Gasteiger partial charge is 0.274 e. The summed E-state index contributed by atoms with van der Waals surface area (Å²) in [6, 6.07) is 11.8. The number of ether oxygens (including phenoxy) is 1. The number of hydrogen-bond acceptors (Lipinski definition) is 10. The molecule has 12 nitrogen and oxygen atoms in total. The van der Waals surface area contributed by atoms with Gasteiger partial charge in [-0.25, -0.2) is 4.98 Å². The second kappa shape index (κ2) is 15.0. The predicted octanol–water partition coefficient (Wildman–Crippen LogP) is 2.42. The lowest BCUT2D eigenvalue weighted by molar-refractivity contribution is -0.302. The number of hydrogen-bond donors (Lipinski definition) is 3. The summed E-state index contributed by atoms with van der Waals surface area (Å²) in [4.78, 5) is 35.2. The maximum Gasteiger partial charge on any atom is 0.274 e. The molecule has 3 heterocycles. The van der Waals surface area contributed by atoms with Gasteiger partial charge in [-0.15, -0.1) is 0 Å². The van der Waals surface area contributed by atoms with E-state index in [1.54, 1.807) is 30.1 Å². The Labute approximate surface area is 230 Å². The van der Waals surface area contributed by atoms with Crippen LogP contribution in [-0.2, 0) is 16.1 Å². The summed E-state index contributed by atoms with van der Waals surface area (Å²) in [5, 5.41) is 15.2. The number of likely N-dealkylation sites (N-methyl/N-ethyl adjacent to an activating group) is 1. The number of rotatable bonds is 8. The molecule has 13 heteroatoms. The van der Waals surface area contributed by atoms with Crippen molar-refractivity contribution in [2.75, 3.05) is 62.5 Å². The van der Waals surface area contributed by atoms with Gasteiger partial charge in [-0.2, -0.15) is 4.98 Å². The van der Waals surface area contributed by atoms with Crippen LogP contribution in [0.2, 0.25) is 0 Å². The van der Waals surface area contributed by atoms with Gasteiger partial charge in [0.25, 0.3) is 5.56 Å². The Hall–Kier alpha value is -3.52. The van der Waals surface area contributed by atoms with Crippen molar-refractivity contribution < 1.29 is 14.6 Å². The second-order valence-electron chi connectivity index (χ2n) is 8.38. The first kappa shape index (κ1) is 30.7. The van der Waals surface area contributed by atoms with Crippen molar-refractivity contribution in [2.24, 2.45) is 0 Å². The molecule has 1 saturated heterocycles. The van der Waals surface area contributed by atoms with E-state index in [1.807, 2.05) is 18.2 Å². The van der Waals surface area contributed by atoms with Crippen LogP contribution in [-0.4, -0.2) is 72.3 Å². The molecule has 38 heavy (non-hydrogen) atoms. The van der Waals surface area contributed by atoms with Gasteiger partial charge >= 0.3 is 0 Å². The molecule has 3 aromatic rings. The highest BCUT2D eigenvalue weighted by molar-refractivity contribution is 9.10. The minimum atomic E-state index is -1.08. The topological polar surface area (TPSA) is 164 Å². The summed E-state index contributed by atoms with van der Waals surface area (Å²) in [6.45, 7) is 6.11. The molecular weight excluding hydrogens is 556 g/mol. The van der Waals surface area contributed by atoms with Crippen LogP contribution < -0.4 is 32.3 Å². The van der Waals surface area contributed by atoms with Gasteiger partial charge in [-0.05, 0) is 66.3 Å². The number of quaternary nitrogens is 1. The van der Waals surface area contributed by atoms with E-state index in [9.17, 15) is 4.79 Å². The third kappa shape index (κ3) is 9.10. The summed E-state index contributed by atoms with van der Waals surface area (Å²) >= 11 is 3.46. The van der Waals surface area contributed by atoms with E-state index in [2.05, 4.69) is 65.5 Å². The number of piperazine rings is 1. The van der Waals surface area contributed by atoms with Crippen molar-refractivity contribution >= 4 is 50.7 Å². The molecule has 1 aromatic carbocycles. The van der Waals surface area contributed by atoms with Crippen molar-refractivity contribution in [2.45, 2.75) is 13.5 Å². The van der Waals surface area contributed by atoms with Crippen LogP contribution in [0.1, 0.15) is 6.92 Å². The summed E-state index contributed by atoms with van der Waals surface area (Å²) in [6.07, 6.45) is 3.39. The van der Waals surface area contributed by atoms with Gasteiger partial charge in [0.15, 0.2) is 5.82 Å². The van der Waals surface area contributed by atoms with Gasteiger partial charge in [-0.3, -0.25) is 4.79 Å². The van der Waals surface area contributed by atoms with E-state index in [-0.39, 0.29) is 11.7 Å². The Kier molecular flexibility index (Phi) is 12.1. The Bertz CT molecular complexity index is 1230. The summed E-state index contributed by atoms with van der Waals surface area (Å²) in [7, 11) is 3.76. The van der Waals surface area contributed by atoms with Crippen LogP contribution in [0.3, 0.4) is 0 Å². The van der Waals surface area contributed by atoms with Gasteiger partial charge < -0.3 is 45.8 Å². The number of aliphatic carboxylic acids is 1. The van der Waals surface area contributed by atoms with E-state index in [0.29, 0.717) is 35.1 Å². The number of aromatic nitrogens is 3. The van der Waals surface area contributed by atoms with Gasteiger partial charge in [-0.1, -0.05) is 0 Å². The van der Waals surface area contributed by atoms with E-state index < -0.39 is 5.97 Å². The highest BCUT2D eigenvalue weighted by Crippen LogP contribution is 2.25. The third-order valence-corrected chi connectivity index (χ3v) is 6.13. The van der Waals surface area contributed by atoms with Crippen molar-refractivity contribution in [1.82, 2.24) is 25.6 Å². The van der Waals surface area contributed by atoms with E-state index in [0.717, 1.165) is 38.8 Å². The zero-order valence-corrected chi connectivity index (χ0v) is 23.7. The Morgan fingerprint density at radius 2 is 1.79 bits per heavy atom. The third-order valence-electron chi connectivity index (χ3n) is 5.55.